The molecule has 1 aromatic heterocycles. The molecule has 0 amide bonds. The lowest BCUT2D eigenvalue weighted by Crippen LogP contribution is -2.07. The molecule has 1 N–H and O–H groups in total. The SMILES string of the molecule is CNc1nc(-c2ccc(C)cc2)nc(C)c1C(C)C. The van der Waals surface area contributed by atoms with E-state index in [2.05, 4.69) is 67.2 Å². The van der Waals surface area contributed by atoms with E-state index in [-0.39, 0.29) is 0 Å². The van der Waals surface area contributed by atoms with Crippen molar-refractivity contribution in [3.63, 3.8) is 0 Å². The Labute approximate surface area is 115 Å². The zero-order valence-corrected chi connectivity index (χ0v) is 12.3. The lowest BCUT2D eigenvalue weighted by Gasteiger charge is -2.15. The third kappa shape index (κ3) is 2.75. The van der Waals surface area contributed by atoms with Crippen LogP contribution in [0, 0.1) is 13.8 Å². The number of aromatic nitrogens is 2. The van der Waals surface area contributed by atoms with Crippen molar-refractivity contribution in [2.24, 2.45) is 0 Å². The summed E-state index contributed by atoms with van der Waals surface area (Å²) in [6.45, 7) is 8.46. The third-order valence-corrected chi connectivity index (χ3v) is 3.26. The van der Waals surface area contributed by atoms with Crippen molar-refractivity contribution >= 4 is 5.82 Å². The smallest absolute Gasteiger partial charge is 0.161 e. The standard InChI is InChI=1S/C16H21N3/c1-10(2)14-12(4)18-15(19-16(14)17-5)13-8-6-11(3)7-9-13/h6-10H,1-5H3,(H,17,18,19). The van der Waals surface area contributed by atoms with Crippen molar-refractivity contribution in [1.29, 1.82) is 0 Å². The molecule has 1 heterocycles. The number of aryl methyl sites for hydroxylation is 2. The van der Waals surface area contributed by atoms with Gasteiger partial charge in [-0.25, -0.2) is 9.97 Å². The maximum Gasteiger partial charge on any atom is 0.161 e. The number of anilines is 1. The monoisotopic (exact) mass is 255 g/mol. The highest BCUT2D eigenvalue weighted by Gasteiger charge is 2.14. The van der Waals surface area contributed by atoms with Crippen LogP contribution in [-0.4, -0.2) is 17.0 Å². The Bertz CT molecular complexity index is 571. The van der Waals surface area contributed by atoms with Gasteiger partial charge < -0.3 is 5.32 Å². The van der Waals surface area contributed by atoms with Gasteiger partial charge in [-0.15, -0.1) is 0 Å². The summed E-state index contributed by atoms with van der Waals surface area (Å²) in [7, 11) is 1.91. The molecule has 19 heavy (non-hydrogen) atoms. The fraction of sp³-hybridized carbons (Fsp3) is 0.375. The quantitative estimate of drug-likeness (QED) is 0.903. The van der Waals surface area contributed by atoms with Crippen molar-refractivity contribution in [2.45, 2.75) is 33.6 Å². The van der Waals surface area contributed by atoms with E-state index in [1.54, 1.807) is 0 Å². The second-order valence-corrected chi connectivity index (χ2v) is 5.17. The minimum absolute atomic E-state index is 0.412. The Morgan fingerprint density at radius 2 is 1.63 bits per heavy atom. The largest absolute Gasteiger partial charge is 0.373 e. The summed E-state index contributed by atoms with van der Waals surface area (Å²) in [5.41, 5.74) is 4.54. The molecule has 0 aliphatic carbocycles. The maximum absolute atomic E-state index is 4.65. The summed E-state index contributed by atoms with van der Waals surface area (Å²) in [4.78, 5) is 9.30. The van der Waals surface area contributed by atoms with Crippen LogP contribution in [0.25, 0.3) is 11.4 Å². The first-order chi connectivity index (χ1) is 9.02. The lowest BCUT2D eigenvalue weighted by atomic mass is 10.0. The highest BCUT2D eigenvalue weighted by Crippen LogP contribution is 2.27. The Morgan fingerprint density at radius 1 is 1.00 bits per heavy atom. The first-order valence-electron chi connectivity index (χ1n) is 6.66. The Hall–Kier alpha value is -1.90. The molecule has 2 rings (SSSR count). The van der Waals surface area contributed by atoms with E-state index in [9.17, 15) is 0 Å². The van der Waals surface area contributed by atoms with Gasteiger partial charge in [0.1, 0.15) is 5.82 Å². The Kier molecular flexibility index (Phi) is 3.84. The van der Waals surface area contributed by atoms with Crippen LogP contribution in [0.4, 0.5) is 5.82 Å². The lowest BCUT2D eigenvalue weighted by molar-refractivity contribution is 0.833. The molecule has 0 fully saturated rings. The minimum Gasteiger partial charge on any atom is -0.373 e. The van der Waals surface area contributed by atoms with Gasteiger partial charge in [-0.2, -0.15) is 0 Å². The van der Waals surface area contributed by atoms with E-state index < -0.39 is 0 Å². The van der Waals surface area contributed by atoms with Crippen molar-refractivity contribution in [2.75, 3.05) is 12.4 Å². The van der Waals surface area contributed by atoms with Crippen LogP contribution in [0.3, 0.4) is 0 Å². The van der Waals surface area contributed by atoms with E-state index in [0.29, 0.717) is 5.92 Å². The summed E-state index contributed by atoms with van der Waals surface area (Å²) in [5.74, 6) is 2.12. The van der Waals surface area contributed by atoms with Gasteiger partial charge in [0.2, 0.25) is 0 Å². The van der Waals surface area contributed by atoms with Crippen molar-refractivity contribution in [1.82, 2.24) is 9.97 Å². The maximum atomic E-state index is 4.65. The zero-order valence-electron chi connectivity index (χ0n) is 12.3. The highest BCUT2D eigenvalue weighted by atomic mass is 15.0. The van der Waals surface area contributed by atoms with Gasteiger partial charge in [0, 0.05) is 23.9 Å². The summed E-state index contributed by atoms with van der Waals surface area (Å²) < 4.78 is 0. The summed E-state index contributed by atoms with van der Waals surface area (Å²) in [6, 6.07) is 8.31. The van der Waals surface area contributed by atoms with Crippen LogP contribution in [0.15, 0.2) is 24.3 Å². The summed E-state index contributed by atoms with van der Waals surface area (Å²) in [6.07, 6.45) is 0. The van der Waals surface area contributed by atoms with E-state index in [1.165, 1.54) is 11.1 Å². The summed E-state index contributed by atoms with van der Waals surface area (Å²) in [5, 5.41) is 3.19. The Balaban J connectivity index is 2.54. The molecule has 3 nitrogen and oxygen atoms in total. The normalized spacial score (nSPS) is 10.8. The predicted molar refractivity (Wildman–Crippen MR) is 80.6 cm³/mol. The fourth-order valence-corrected chi connectivity index (χ4v) is 2.30. The molecule has 0 saturated heterocycles. The van der Waals surface area contributed by atoms with Gasteiger partial charge in [-0.05, 0) is 19.8 Å². The molecule has 0 atom stereocenters. The average molecular weight is 255 g/mol. The second kappa shape index (κ2) is 5.39. The number of hydrogen-bond donors (Lipinski definition) is 1. The van der Waals surface area contributed by atoms with Crippen LogP contribution >= 0.6 is 0 Å². The molecule has 0 spiro atoms. The molecule has 0 radical (unpaired) electrons. The van der Waals surface area contributed by atoms with Crippen molar-refractivity contribution < 1.29 is 0 Å². The van der Waals surface area contributed by atoms with Crippen LogP contribution in [0.1, 0.15) is 36.6 Å². The minimum atomic E-state index is 0.412. The molecule has 0 bridgehead atoms. The highest BCUT2D eigenvalue weighted by molar-refractivity contribution is 5.60. The van der Waals surface area contributed by atoms with Gasteiger partial charge >= 0.3 is 0 Å². The topological polar surface area (TPSA) is 37.8 Å². The van der Waals surface area contributed by atoms with E-state index in [4.69, 9.17) is 0 Å². The fourth-order valence-electron chi connectivity index (χ4n) is 2.30. The first-order valence-corrected chi connectivity index (χ1v) is 6.66. The molecule has 0 unspecified atom stereocenters. The molecule has 0 aliphatic rings. The van der Waals surface area contributed by atoms with E-state index >= 15 is 0 Å². The van der Waals surface area contributed by atoms with Gasteiger partial charge in [0.05, 0.1) is 0 Å². The molecule has 1 aromatic carbocycles. The van der Waals surface area contributed by atoms with Crippen LogP contribution in [0.5, 0.6) is 0 Å². The number of nitrogens with one attached hydrogen (secondary N) is 1. The van der Waals surface area contributed by atoms with E-state index in [1.807, 2.05) is 7.05 Å². The number of benzene rings is 1. The van der Waals surface area contributed by atoms with Crippen molar-refractivity contribution in [3.8, 4) is 11.4 Å². The van der Waals surface area contributed by atoms with Gasteiger partial charge in [0.25, 0.3) is 0 Å². The first kappa shape index (κ1) is 13.5. The number of nitrogens with zero attached hydrogens (tertiary/aromatic N) is 2. The van der Waals surface area contributed by atoms with Crippen LogP contribution < -0.4 is 5.32 Å². The number of rotatable bonds is 3. The Morgan fingerprint density at radius 3 is 2.16 bits per heavy atom. The van der Waals surface area contributed by atoms with E-state index in [0.717, 1.165) is 22.9 Å². The second-order valence-electron chi connectivity index (χ2n) is 5.17. The van der Waals surface area contributed by atoms with Gasteiger partial charge in [-0.3, -0.25) is 0 Å². The molecular weight excluding hydrogens is 234 g/mol. The molecule has 3 heteroatoms. The molecule has 0 saturated carbocycles. The predicted octanol–water partition coefficient (Wildman–Crippen LogP) is 3.93. The third-order valence-electron chi connectivity index (χ3n) is 3.26. The van der Waals surface area contributed by atoms with Gasteiger partial charge in [0.15, 0.2) is 5.82 Å². The molecular formula is C16H21N3. The number of hydrogen-bond acceptors (Lipinski definition) is 3. The molecule has 0 aliphatic heterocycles. The zero-order chi connectivity index (χ0) is 14.0. The average Bonchev–Trinajstić information content (AvgIpc) is 2.38. The molecule has 100 valence electrons. The van der Waals surface area contributed by atoms with Crippen molar-refractivity contribution in [3.05, 3.63) is 41.1 Å². The summed E-state index contributed by atoms with van der Waals surface area (Å²) >= 11 is 0. The van der Waals surface area contributed by atoms with Crippen LogP contribution in [0.2, 0.25) is 0 Å². The van der Waals surface area contributed by atoms with Crippen LogP contribution in [-0.2, 0) is 0 Å². The molecule has 2 aromatic rings. The van der Waals surface area contributed by atoms with Gasteiger partial charge in [-0.1, -0.05) is 43.7 Å².